The molecular formula is C41H35N5O3S2. The largest absolute Gasteiger partial charge is 0.378 e. The predicted octanol–water partition coefficient (Wildman–Crippen LogP) is 8.76. The fourth-order valence-electron chi connectivity index (χ4n) is 5.10. The Morgan fingerprint density at radius 1 is 0.765 bits per heavy atom. The number of hydrogen-bond acceptors (Lipinski definition) is 7. The number of hydrogen-bond donors (Lipinski definition) is 3. The van der Waals surface area contributed by atoms with Crippen LogP contribution >= 0.6 is 23.1 Å². The quantitative estimate of drug-likeness (QED) is 0.0868. The molecule has 8 nitrogen and oxygen atoms in total. The van der Waals surface area contributed by atoms with Gasteiger partial charge >= 0.3 is 0 Å². The molecule has 0 spiro atoms. The summed E-state index contributed by atoms with van der Waals surface area (Å²) in [4.78, 5) is 48.1. The molecule has 0 aliphatic rings. The van der Waals surface area contributed by atoms with E-state index in [1.807, 2.05) is 134 Å². The highest BCUT2D eigenvalue weighted by Gasteiger charge is 2.24. The molecule has 1 atom stereocenters. The number of carbonyl (C=O) groups excluding carboxylic acids is 3. The van der Waals surface area contributed by atoms with Gasteiger partial charge in [0.1, 0.15) is 10.9 Å². The number of aromatic nitrogens is 1. The molecule has 5 aromatic carbocycles. The average Bonchev–Trinajstić information content (AvgIpc) is 3.63. The van der Waals surface area contributed by atoms with Gasteiger partial charge in [0.05, 0.1) is 5.69 Å². The van der Waals surface area contributed by atoms with Crippen molar-refractivity contribution in [2.75, 3.05) is 29.6 Å². The van der Waals surface area contributed by atoms with Gasteiger partial charge in [0.25, 0.3) is 11.8 Å². The van der Waals surface area contributed by atoms with E-state index in [1.165, 1.54) is 23.1 Å². The fourth-order valence-corrected chi connectivity index (χ4v) is 6.91. The van der Waals surface area contributed by atoms with Crippen LogP contribution < -0.4 is 20.9 Å². The molecule has 6 rings (SSSR count). The van der Waals surface area contributed by atoms with Crippen molar-refractivity contribution >= 4 is 63.4 Å². The van der Waals surface area contributed by atoms with Crippen molar-refractivity contribution in [2.45, 2.75) is 10.1 Å². The van der Waals surface area contributed by atoms with E-state index in [1.54, 1.807) is 36.4 Å². The summed E-state index contributed by atoms with van der Waals surface area (Å²) in [5.74, 6) is -1.11. The molecule has 1 aromatic heterocycles. The number of carbonyl (C=O) groups is 3. The molecule has 0 bridgehead atoms. The number of benzene rings is 5. The van der Waals surface area contributed by atoms with Crippen LogP contribution in [0.3, 0.4) is 0 Å². The van der Waals surface area contributed by atoms with E-state index in [-0.39, 0.29) is 11.6 Å². The molecule has 6 aromatic rings. The number of anilines is 3. The molecule has 1 heterocycles. The molecule has 0 saturated heterocycles. The highest BCUT2D eigenvalue weighted by Crippen LogP contribution is 2.38. The summed E-state index contributed by atoms with van der Waals surface area (Å²) in [6.07, 6.45) is 1.64. The van der Waals surface area contributed by atoms with E-state index in [0.29, 0.717) is 16.4 Å². The second-order valence-corrected chi connectivity index (χ2v) is 13.7. The van der Waals surface area contributed by atoms with Crippen molar-refractivity contribution in [2.24, 2.45) is 0 Å². The molecule has 1 unspecified atom stereocenters. The van der Waals surface area contributed by atoms with Gasteiger partial charge in [-0.25, -0.2) is 4.98 Å². The Morgan fingerprint density at radius 2 is 1.43 bits per heavy atom. The van der Waals surface area contributed by atoms with Gasteiger partial charge in [-0.15, -0.1) is 23.1 Å². The third kappa shape index (κ3) is 9.39. The second-order valence-electron chi connectivity index (χ2n) is 11.6. The first-order valence-corrected chi connectivity index (χ1v) is 17.9. The number of amides is 3. The molecule has 0 aliphatic heterocycles. The first-order valence-electron chi connectivity index (χ1n) is 16.1. The van der Waals surface area contributed by atoms with Crippen LogP contribution in [0.5, 0.6) is 0 Å². The third-order valence-corrected chi connectivity index (χ3v) is 9.75. The summed E-state index contributed by atoms with van der Waals surface area (Å²) < 4.78 is 0. The lowest BCUT2D eigenvalue weighted by Crippen LogP contribution is -2.30. The number of nitrogens with zero attached hydrogens (tertiary/aromatic N) is 2. The monoisotopic (exact) mass is 709 g/mol. The molecule has 3 amide bonds. The zero-order valence-corrected chi connectivity index (χ0v) is 29.6. The van der Waals surface area contributed by atoms with Crippen LogP contribution in [0.1, 0.15) is 26.7 Å². The molecule has 0 fully saturated rings. The maximum absolute atomic E-state index is 13.8. The zero-order chi connectivity index (χ0) is 35.6. The molecule has 3 N–H and O–H groups in total. The van der Waals surface area contributed by atoms with Gasteiger partial charge in [-0.2, -0.15) is 0 Å². The normalized spacial score (nSPS) is 11.7. The summed E-state index contributed by atoms with van der Waals surface area (Å²) in [6.45, 7) is 0. The van der Waals surface area contributed by atoms with Crippen LogP contribution in [0.15, 0.2) is 155 Å². The highest BCUT2D eigenvalue weighted by molar-refractivity contribution is 8.00. The van der Waals surface area contributed by atoms with Crippen LogP contribution in [-0.2, 0) is 9.59 Å². The molecule has 0 aliphatic carbocycles. The minimum Gasteiger partial charge on any atom is -0.378 e. The van der Waals surface area contributed by atoms with Crippen molar-refractivity contribution in [1.82, 2.24) is 10.3 Å². The Morgan fingerprint density at radius 3 is 2.12 bits per heavy atom. The highest BCUT2D eigenvalue weighted by atomic mass is 32.2. The minimum atomic E-state index is -0.605. The van der Waals surface area contributed by atoms with E-state index in [4.69, 9.17) is 0 Å². The van der Waals surface area contributed by atoms with Gasteiger partial charge in [0, 0.05) is 46.9 Å². The van der Waals surface area contributed by atoms with E-state index >= 15 is 0 Å². The predicted molar refractivity (Wildman–Crippen MR) is 209 cm³/mol. The van der Waals surface area contributed by atoms with E-state index in [2.05, 4.69) is 20.9 Å². The Kier molecular flexibility index (Phi) is 11.4. The Hall–Kier alpha value is -5.97. The van der Waals surface area contributed by atoms with E-state index < -0.39 is 17.1 Å². The Bertz CT molecular complexity index is 2140. The SMILES string of the molecule is CN(C)c1ccc(/C=C(/NC(=O)c2ccccc2)C(=O)Nc2cccc(SC(C(=O)Nc3nc(-c4ccccc4)cs3)c3ccccc3)c2)cc1. The van der Waals surface area contributed by atoms with Crippen molar-refractivity contribution < 1.29 is 14.4 Å². The molecule has 51 heavy (non-hydrogen) atoms. The van der Waals surface area contributed by atoms with Crippen molar-refractivity contribution in [3.05, 3.63) is 167 Å². The van der Waals surface area contributed by atoms with Gasteiger partial charge in [-0.05, 0) is 59.7 Å². The molecular weight excluding hydrogens is 675 g/mol. The standard InChI is InChI=1S/C41H35N5O3S2/c1-46(2)33-23-21-28(22-24-33)25-35(43-38(47)31-17-10-5-11-18-31)39(48)42-32-19-12-20-34(26-32)51-37(30-15-8-4-9-16-30)40(49)45-41-44-36(27-50-41)29-13-6-3-7-14-29/h3-27,37H,1-2H3,(H,42,48)(H,43,47)(H,44,45,49)/b35-25+. The maximum atomic E-state index is 13.8. The Balaban J connectivity index is 1.21. The molecule has 10 heteroatoms. The van der Waals surface area contributed by atoms with Gasteiger partial charge in [-0.3, -0.25) is 14.4 Å². The van der Waals surface area contributed by atoms with Gasteiger partial charge < -0.3 is 20.9 Å². The van der Waals surface area contributed by atoms with E-state index in [9.17, 15) is 14.4 Å². The topological polar surface area (TPSA) is 103 Å². The van der Waals surface area contributed by atoms with Crippen LogP contribution in [0.2, 0.25) is 0 Å². The van der Waals surface area contributed by atoms with Crippen molar-refractivity contribution in [1.29, 1.82) is 0 Å². The maximum Gasteiger partial charge on any atom is 0.272 e. The smallest absolute Gasteiger partial charge is 0.272 e. The number of rotatable bonds is 12. The summed E-state index contributed by atoms with van der Waals surface area (Å²) >= 11 is 2.73. The first-order chi connectivity index (χ1) is 24.8. The van der Waals surface area contributed by atoms with Crippen LogP contribution in [0.25, 0.3) is 17.3 Å². The van der Waals surface area contributed by atoms with Crippen molar-refractivity contribution in [3.63, 3.8) is 0 Å². The Labute approximate surface area is 305 Å². The first kappa shape index (κ1) is 34.9. The average molecular weight is 710 g/mol. The lowest BCUT2D eigenvalue weighted by molar-refractivity contribution is -0.116. The van der Waals surface area contributed by atoms with E-state index in [0.717, 1.165) is 33.0 Å². The summed E-state index contributed by atoms with van der Waals surface area (Å²) in [6, 6.07) is 43.0. The van der Waals surface area contributed by atoms with Gasteiger partial charge in [0.2, 0.25) is 5.91 Å². The molecule has 254 valence electrons. The number of nitrogens with one attached hydrogen (secondary N) is 3. The fraction of sp³-hybridized carbons (Fsp3) is 0.0732. The van der Waals surface area contributed by atoms with Gasteiger partial charge in [-0.1, -0.05) is 97.1 Å². The number of thioether (sulfide) groups is 1. The summed E-state index contributed by atoms with van der Waals surface area (Å²) in [7, 11) is 3.90. The molecule has 0 saturated carbocycles. The van der Waals surface area contributed by atoms with Gasteiger partial charge in [0.15, 0.2) is 5.13 Å². The minimum absolute atomic E-state index is 0.0828. The summed E-state index contributed by atoms with van der Waals surface area (Å²) in [5, 5.41) is 10.6. The van der Waals surface area contributed by atoms with Crippen LogP contribution in [-0.4, -0.2) is 36.8 Å². The zero-order valence-electron chi connectivity index (χ0n) is 27.9. The van der Waals surface area contributed by atoms with Crippen LogP contribution in [0, 0.1) is 0 Å². The second kappa shape index (κ2) is 16.6. The number of thiazole rings is 1. The summed E-state index contributed by atoms with van der Waals surface area (Å²) in [5.41, 5.74) is 5.36. The van der Waals surface area contributed by atoms with Crippen molar-refractivity contribution in [3.8, 4) is 11.3 Å². The third-order valence-electron chi connectivity index (χ3n) is 7.74. The molecule has 0 radical (unpaired) electrons. The lowest BCUT2D eigenvalue weighted by Gasteiger charge is -2.17. The van der Waals surface area contributed by atoms with Crippen LogP contribution in [0.4, 0.5) is 16.5 Å². The lowest BCUT2D eigenvalue weighted by atomic mass is 10.1.